The normalized spacial score (nSPS) is 22.1. The van der Waals surface area contributed by atoms with Crippen LogP contribution in [0.5, 0.6) is 11.5 Å². The Kier molecular flexibility index (Phi) is 7.02. The Balaban J connectivity index is 2.46. The van der Waals surface area contributed by atoms with Gasteiger partial charge in [-0.2, -0.15) is 0 Å². The quantitative estimate of drug-likeness (QED) is 0.390. The van der Waals surface area contributed by atoms with Crippen LogP contribution in [0.1, 0.15) is 53.2 Å². The summed E-state index contributed by atoms with van der Waals surface area (Å²) in [5, 5.41) is 10.5. The number of rotatable bonds is 7. The van der Waals surface area contributed by atoms with E-state index >= 15 is 0 Å². The minimum Gasteiger partial charge on any atom is -0.543 e. The predicted octanol–water partition coefficient (Wildman–Crippen LogP) is 6.11. The Morgan fingerprint density at radius 1 is 1.11 bits per heavy atom. The first kappa shape index (κ1) is 22.6. The van der Waals surface area contributed by atoms with Crippen molar-refractivity contribution in [2.75, 3.05) is 13.3 Å². The van der Waals surface area contributed by atoms with Gasteiger partial charge in [-0.1, -0.05) is 57.5 Å². The summed E-state index contributed by atoms with van der Waals surface area (Å²) >= 11 is 3.21. The number of alkyl halides is 3. The van der Waals surface area contributed by atoms with Gasteiger partial charge in [0, 0.05) is 11.6 Å². The summed E-state index contributed by atoms with van der Waals surface area (Å²) in [4.78, 5) is -0.866. The van der Waals surface area contributed by atoms with Crippen LogP contribution in [0.3, 0.4) is 0 Å². The van der Waals surface area contributed by atoms with Gasteiger partial charge in [0.25, 0.3) is 8.32 Å². The first-order valence-electron chi connectivity index (χ1n) is 9.51. The van der Waals surface area contributed by atoms with Crippen molar-refractivity contribution in [1.29, 1.82) is 0 Å². The van der Waals surface area contributed by atoms with Crippen LogP contribution in [-0.2, 0) is 0 Å². The Bertz CT molecular complexity index is 628. The highest BCUT2D eigenvalue weighted by atomic mass is 79.9. The Hall–Kier alpha value is -0.663. The lowest BCUT2D eigenvalue weighted by atomic mass is 9.90. The van der Waals surface area contributed by atoms with E-state index in [0.29, 0.717) is 27.9 Å². The maximum Gasteiger partial charge on any atom is 0.258 e. The SMILES string of the molecule is CC(C)[Si](Oc1ccc2c(c1)OC(CF)(CF)C(Br)C2O)(C(C)C)C(C)C. The molecule has 1 aromatic rings. The maximum absolute atomic E-state index is 13.6. The van der Waals surface area contributed by atoms with E-state index in [0.717, 1.165) is 0 Å². The molecule has 2 unspecified atom stereocenters. The van der Waals surface area contributed by atoms with E-state index in [2.05, 4.69) is 57.5 Å². The summed E-state index contributed by atoms with van der Waals surface area (Å²) in [6, 6.07) is 5.22. The average molecular weight is 465 g/mol. The summed E-state index contributed by atoms with van der Waals surface area (Å²) < 4.78 is 39.6. The summed E-state index contributed by atoms with van der Waals surface area (Å²) in [6.45, 7) is 11.1. The minimum absolute atomic E-state index is 0.283. The van der Waals surface area contributed by atoms with E-state index in [-0.39, 0.29) is 5.75 Å². The fourth-order valence-electron chi connectivity index (χ4n) is 4.43. The third kappa shape index (κ3) is 3.79. The van der Waals surface area contributed by atoms with Crippen molar-refractivity contribution in [3.05, 3.63) is 23.8 Å². The molecule has 0 aliphatic carbocycles. The van der Waals surface area contributed by atoms with Crippen LogP contribution in [0.25, 0.3) is 0 Å². The number of aliphatic hydroxyl groups is 1. The molecule has 2 rings (SSSR count). The van der Waals surface area contributed by atoms with Gasteiger partial charge in [-0.15, -0.1) is 0 Å². The van der Waals surface area contributed by atoms with Crippen LogP contribution in [0, 0.1) is 0 Å². The van der Waals surface area contributed by atoms with Crippen molar-refractivity contribution in [3.8, 4) is 11.5 Å². The fourth-order valence-corrected chi connectivity index (χ4v) is 10.3. The standard InChI is InChI=1S/C20H31BrF2O3Si/c1-12(2)27(13(3)4,14(5)6)26-15-7-8-16-17(9-15)25-20(10-22,11-23)19(21)18(16)24/h7-9,12-14,18-19,24H,10-11H2,1-6H3. The minimum atomic E-state index is -2.17. The smallest absolute Gasteiger partial charge is 0.258 e. The third-order valence-electron chi connectivity index (χ3n) is 5.85. The first-order chi connectivity index (χ1) is 12.6. The molecular weight excluding hydrogens is 434 g/mol. The zero-order valence-corrected chi connectivity index (χ0v) is 19.5. The number of hydrogen-bond acceptors (Lipinski definition) is 3. The lowest BCUT2D eigenvalue weighted by molar-refractivity contribution is -0.0349. The highest BCUT2D eigenvalue weighted by molar-refractivity contribution is 9.09. The van der Waals surface area contributed by atoms with Gasteiger partial charge < -0.3 is 14.3 Å². The molecule has 1 N–H and O–H groups in total. The summed E-state index contributed by atoms with van der Waals surface area (Å²) in [7, 11) is -2.17. The molecule has 27 heavy (non-hydrogen) atoms. The fraction of sp³-hybridized carbons (Fsp3) is 0.700. The predicted molar refractivity (Wildman–Crippen MR) is 111 cm³/mol. The Labute approximate surface area is 170 Å². The van der Waals surface area contributed by atoms with Crippen LogP contribution < -0.4 is 9.16 Å². The zero-order valence-electron chi connectivity index (χ0n) is 16.9. The molecule has 2 atom stereocenters. The van der Waals surface area contributed by atoms with Crippen LogP contribution in [0.2, 0.25) is 16.6 Å². The second-order valence-corrected chi connectivity index (χ2v) is 14.8. The van der Waals surface area contributed by atoms with E-state index in [1.165, 1.54) is 0 Å². The molecule has 0 fully saturated rings. The van der Waals surface area contributed by atoms with Crippen molar-refractivity contribution in [2.45, 2.75) is 74.7 Å². The van der Waals surface area contributed by atoms with Gasteiger partial charge in [-0.3, -0.25) is 0 Å². The first-order valence-corrected chi connectivity index (χ1v) is 12.6. The van der Waals surface area contributed by atoms with Gasteiger partial charge in [-0.25, -0.2) is 8.78 Å². The van der Waals surface area contributed by atoms with Crippen molar-refractivity contribution in [2.24, 2.45) is 0 Å². The third-order valence-corrected chi connectivity index (χ3v) is 13.2. The van der Waals surface area contributed by atoms with Crippen molar-refractivity contribution in [3.63, 3.8) is 0 Å². The Morgan fingerprint density at radius 3 is 2.07 bits per heavy atom. The number of hydrogen-bond donors (Lipinski definition) is 1. The number of fused-ring (bicyclic) bond motifs is 1. The molecule has 1 aliphatic heterocycles. The highest BCUT2D eigenvalue weighted by Gasteiger charge is 2.50. The molecule has 0 saturated carbocycles. The molecule has 0 spiro atoms. The van der Waals surface area contributed by atoms with E-state index in [9.17, 15) is 13.9 Å². The number of aliphatic hydroxyl groups excluding tert-OH is 1. The van der Waals surface area contributed by atoms with Crippen molar-refractivity contribution >= 4 is 24.2 Å². The molecule has 0 bridgehead atoms. The second kappa shape index (κ2) is 8.37. The molecule has 7 heteroatoms. The van der Waals surface area contributed by atoms with Crippen LogP contribution in [-0.4, -0.2) is 37.2 Å². The van der Waals surface area contributed by atoms with Gasteiger partial charge in [0.05, 0.1) is 10.9 Å². The van der Waals surface area contributed by atoms with E-state index < -0.39 is 38.2 Å². The number of halogens is 3. The Morgan fingerprint density at radius 2 is 1.63 bits per heavy atom. The molecular formula is C20H31BrF2O3Si. The van der Waals surface area contributed by atoms with Gasteiger partial charge in [0.1, 0.15) is 24.8 Å². The largest absolute Gasteiger partial charge is 0.543 e. The maximum atomic E-state index is 13.6. The summed E-state index contributed by atoms with van der Waals surface area (Å²) in [6.07, 6.45) is -1.06. The molecule has 0 saturated heterocycles. The van der Waals surface area contributed by atoms with Crippen LogP contribution in [0.4, 0.5) is 8.78 Å². The van der Waals surface area contributed by atoms with Gasteiger partial charge >= 0.3 is 0 Å². The monoisotopic (exact) mass is 464 g/mol. The number of benzene rings is 1. The van der Waals surface area contributed by atoms with E-state index in [1.807, 2.05) is 6.07 Å². The van der Waals surface area contributed by atoms with Gasteiger partial charge in [-0.05, 0) is 28.8 Å². The zero-order chi connectivity index (χ0) is 20.6. The molecule has 0 radical (unpaired) electrons. The van der Waals surface area contributed by atoms with Gasteiger partial charge in [0.2, 0.25) is 0 Å². The van der Waals surface area contributed by atoms with E-state index in [4.69, 9.17) is 9.16 Å². The highest BCUT2D eigenvalue weighted by Crippen LogP contribution is 2.47. The van der Waals surface area contributed by atoms with Gasteiger partial charge in [0.15, 0.2) is 5.60 Å². The molecule has 1 heterocycles. The lowest BCUT2D eigenvalue weighted by Crippen LogP contribution is -2.54. The topological polar surface area (TPSA) is 38.7 Å². The van der Waals surface area contributed by atoms with Crippen LogP contribution >= 0.6 is 15.9 Å². The molecule has 1 aromatic carbocycles. The molecule has 154 valence electrons. The van der Waals surface area contributed by atoms with Crippen LogP contribution in [0.15, 0.2) is 18.2 Å². The second-order valence-electron chi connectivity index (χ2n) is 8.40. The van der Waals surface area contributed by atoms with E-state index in [1.54, 1.807) is 12.1 Å². The molecule has 1 aliphatic rings. The van der Waals surface area contributed by atoms with Crippen molar-refractivity contribution < 1.29 is 23.1 Å². The summed E-state index contributed by atoms with van der Waals surface area (Å²) in [5.41, 5.74) is -0.0471. The number of ether oxygens (including phenoxy) is 1. The average Bonchev–Trinajstić information content (AvgIpc) is 2.61. The molecule has 0 aromatic heterocycles. The summed E-state index contributed by atoms with van der Waals surface area (Å²) in [5.74, 6) is 0.911. The molecule has 3 nitrogen and oxygen atoms in total. The molecule has 0 amide bonds. The van der Waals surface area contributed by atoms with Crippen molar-refractivity contribution in [1.82, 2.24) is 0 Å². The lowest BCUT2D eigenvalue weighted by Gasteiger charge is -2.43.